The van der Waals surface area contributed by atoms with Crippen molar-refractivity contribution < 1.29 is 0 Å². The van der Waals surface area contributed by atoms with E-state index >= 15 is 0 Å². The van der Waals surface area contributed by atoms with Crippen molar-refractivity contribution in [1.82, 2.24) is 0 Å². The van der Waals surface area contributed by atoms with E-state index in [2.05, 4.69) is 109 Å². The minimum atomic E-state index is 0.613. The first-order valence-electron chi connectivity index (χ1n) is 11.5. The molecule has 0 atom stereocenters. The van der Waals surface area contributed by atoms with Gasteiger partial charge in [0.2, 0.25) is 0 Å². The summed E-state index contributed by atoms with van der Waals surface area (Å²) < 4.78 is 0. The maximum atomic E-state index is 2.35. The Hall–Kier alpha value is -3.94. The molecule has 8 aromatic carbocycles. The summed E-state index contributed by atoms with van der Waals surface area (Å²) in [6.45, 7) is 0. The van der Waals surface area contributed by atoms with Gasteiger partial charge in [0.15, 0.2) is 0 Å². The normalized spacial score (nSPS) is 12.4. The standard InChI is InChI=1S/C32H18Si/c1-3-19-7-9-23-13-17-27(25-15-11-21(5-1)29(19)31(23)25)33-28-18-14-24-10-8-20-4-2-6-22-12-16-26(28)32(24)30(20)22/h1-18H. The van der Waals surface area contributed by atoms with Gasteiger partial charge in [0.25, 0.3) is 0 Å². The van der Waals surface area contributed by atoms with Crippen molar-refractivity contribution in [2.45, 2.75) is 0 Å². The highest BCUT2D eigenvalue weighted by Crippen LogP contribution is 2.35. The summed E-state index contributed by atoms with van der Waals surface area (Å²) in [5.41, 5.74) is 0. The Morgan fingerprint density at radius 3 is 1.06 bits per heavy atom. The van der Waals surface area contributed by atoms with E-state index in [0.29, 0.717) is 9.52 Å². The largest absolute Gasteiger partial charge is 0.123 e. The van der Waals surface area contributed by atoms with Crippen LogP contribution in [0.5, 0.6) is 0 Å². The van der Waals surface area contributed by atoms with Crippen molar-refractivity contribution in [3.63, 3.8) is 0 Å². The molecule has 1 heteroatoms. The number of hydrogen-bond donors (Lipinski definition) is 0. The maximum Gasteiger partial charge on any atom is 0.123 e. The lowest BCUT2D eigenvalue weighted by molar-refractivity contribution is 1.79. The van der Waals surface area contributed by atoms with E-state index in [9.17, 15) is 0 Å². The molecule has 0 fully saturated rings. The molecule has 0 aliphatic carbocycles. The molecular formula is C32H18Si. The first-order chi connectivity index (χ1) is 16.3. The molecule has 0 saturated heterocycles. The summed E-state index contributed by atoms with van der Waals surface area (Å²) in [7, 11) is 0.613. The average Bonchev–Trinajstić information content (AvgIpc) is 2.87. The summed E-state index contributed by atoms with van der Waals surface area (Å²) in [5.74, 6) is 0. The fourth-order valence-electron chi connectivity index (χ4n) is 5.83. The predicted octanol–water partition coefficient (Wildman–Crippen LogP) is 7.14. The van der Waals surface area contributed by atoms with Gasteiger partial charge in [0.1, 0.15) is 9.52 Å². The highest BCUT2D eigenvalue weighted by atomic mass is 28.2. The van der Waals surface area contributed by atoms with Crippen LogP contribution in [-0.2, 0) is 0 Å². The van der Waals surface area contributed by atoms with Crippen LogP contribution in [0.3, 0.4) is 0 Å². The van der Waals surface area contributed by atoms with E-state index in [-0.39, 0.29) is 0 Å². The molecule has 0 heterocycles. The molecule has 0 amide bonds. The third-order valence-electron chi connectivity index (χ3n) is 7.33. The van der Waals surface area contributed by atoms with Gasteiger partial charge in [-0.3, -0.25) is 0 Å². The third kappa shape index (κ3) is 2.35. The molecular weight excluding hydrogens is 412 g/mol. The van der Waals surface area contributed by atoms with Crippen LogP contribution in [0.2, 0.25) is 0 Å². The van der Waals surface area contributed by atoms with Gasteiger partial charge in [0.05, 0.1) is 0 Å². The molecule has 33 heavy (non-hydrogen) atoms. The van der Waals surface area contributed by atoms with Gasteiger partial charge >= 0.3 is 0 Å². The summed E-state index contributed by atoms with van der Waals surface area (Å²) in [6.07, 6.45) is 0. The van der Waals surface area contributed by atoms with Crippen LogP contribution in [0.1, 0.15) is 0 Å². The van der Waals surface area contributed by atoms with E-state index in [4.69, 9.17) is 0 Å². The van der Waals surface area contributed by atoms with E-state index in [1.54, 1.807) is 0 Å². The zero-order valence-corrected chi connectivity index (χ0v) is 18.9. The molecule has 0 nitrogen and oxygen atoms in total. The van der Waals surface area contributed by atoms with Gasteiger partial charge in [-0.15, -0.1) is 0 Å². The zero-order valence-electron chi connectivity index (χ0n) is 17.9. The molecule has 0 N–H and O–H groups in total. The lowest BCUT2D eigenvalue weighted by Gasteiger charge is -2.16. The van der Waals surface area contributed by atoms with E-state index in [0.717, 1.165) is 0 Å². The van der Waals surface area contributed by atoms with Crippen LogP contribution < -0.4 is 10.4 Å². The Labute approximate surface area is 193 Å². The van der Waals surface area contributed by atoms with Gasteiger partial charge in [-0.2, -0.15) is 0 Å². The molecule has 0 spiro atoms. The van der Waals surface area contributed by atoms with Crippen LogP contribution in [0.25, 0.3) is 64.6 Å². The van der Waals surface area contributed by atoms with E-state index < -0.39 is 0 Å². The fourth-order valence-corrected chi connectivity index (χ4v) is 7.14. The topological polar surface area (TPSA) is 0 Å². The monoisotopic (exact) mass is 430 g/mol. The van der Waals surface area contributed by atoms with Crippen molar-refractivity contribution in [2.75, 3.05) is 0 Å². The maximum absolute atomic E-state index is 2.35. The Morgan fingerprint density at radius 2 is 0.636 bits per heavy atom. The van der Waals surface area contributed by atoms with Gasteiger partial charge in [-0.1, -0.05) is 120 Å². The molecule has 0 saturated carbocycles. The molecule has 8 aromatic rings. The minimum absolute atomic E-state index is 0.613. The van der Waals surface area contributed by atoms with Crippen molar-refractivity contribution in [2.24, 2.45) is 0 Å². The van der Waals surface area contributed by atoms with Crippen molar-refractivity contribution in [3.05, 3.63) is 109 Å². The molecule has 0 aliphatic heterocycles. The number of rotatable bonds is 2. The van der Waals surface area contributed by atoms with E-state index in [1.165, 1.54) is 75.0 Å². The van der Waals surface area contributed by atoms with Gasteiger partial charge in [-0.05, 0) is 64.6 Å². The van der Waals surface area contributed by atoms with Crippen LogP contribution in [0, 0.1) is 0 Å². The number of hydrogen-bond acceptors (Lipinski definition) is 0. The Balaban J connectivity index is 1.41. The van der Waals surface area contributed by atoms with Crippen LogP contribution in [0.4, 0.5) is 0 Å². The Kier molecular flexibility index (Phi) is 3.36. The second kappa shape index (κ2) is 6.31. The number of benzene rings is 8. The lowest BCUT2D eigenvalue weighted by atomic mass is 9.94. The van der Waals surface area contributed by atoms with Gasteiger partial charge in [-0.25, -0.2) is 0 Å². The summed E-state index contributed by atoms with van der Waals surface area (Å²) in [5, 5.41) is 19.2. The highest BCUT2D eigenvalue weighted by Gasteiger charge is 2.15. The zero-order chi connectivity index (χ0) is 21.5. The van der Waals surface area contributed by atoms with Crippen LogP contribution >= 0.6 is 0 Å². The van der Waals surface area contributed by atoms with E-state index in [1.807, 2.05) is 0 Å². The molecule has 150 valence electrons. The molecule has 0 aromatic heterocycles. The molecule has 0 aliphatic rings. The van der Waals surface area contributed by atoms with Crippen molar-refractivity contribution in [1.29, 1.82) is 0 Å². The van der Waals surface area contributed by atoms with Gasteiger partial charge < -0.3 is 0 Å². The summed E-state index contributed by atoms with van der Waals surface area (Å²) in [4.78, 5) is 0. The third-order valence-corrected chi connectivity index (χ3v) is 8.74. The molecule has 0 bridgehead atoms. The quantitative estimate of drug-likeness (QED) is 0.202. The van der Waals surface area contributed by atoms with Crippen LogP contribution in [-0.4, -0.2) is 9.52 Å². The van der Waals surface area contributed by atoms with Crippen molar-refractivity contribution in [3.8, 4) is 0 Å². The molecule has 0 unspecified atom stereocenters. The first kappa shape index (κ1) is 17.6. The second-order valence-electron chi connectivity index (χ2n) is 9.06. The SMILES string of the molecule is c1cc2ccc3ccc([Si]c4ccc5ccc6cccc7ccc4c5c67)c4ccc(c1)c2c34. The Bertz CT molecular complexity index is 1820. The smallest absolute Gasteiger partial charge is 0.0619 e. The minimum Gasteiger partial charge on any atom is -0.0619 e. The van der Waals surface area contributed by atoms with Gasteiger partial charge in [0, 0.05) is 0 Å². The Morgan fingerprint density at radius 1 is 0.303 bits per heavy atom. The summed E-state index contributed by atoms with van der Waals surface area (Å²) >= 11 is 0. The lowest BCUT2D eigenvalue weighted by Crippen LogP contribution is -2.28. The highest BCUT2D eigenvalue weighted by molar-refractivity contribution is 6.72. The average molecular weight is 431 g/mol. The molecule has 8 rings (SSSR count). The predicted molar refractivity (Wildman–Crippen MR) is 145 cm³/mol. The van der Waals surface area contributed by atoms with Crippen LogP contribution in [0.15, 0.2) is 109 Å². The summed E-state index contributed by atoms with van der Waals surface area (Å²) in [6, 6.07) is 40.9. The van der Waals surface area contributed by atoms with Crippen molar-refractivity contribution >= 4 is 84.5 Å². The fraction of sp³-hybridized carbons (Fsp3) is 0. The first-order valence-corrected chi connectivity index (χ1v) is 12.5. The molecule has 2 radical (unpaired) electrons. The second-order valence-corrected chi connectivity index (χ2v) is 10.4.